The summed E-state index contributed by atoms with van der Waals surface area (Å²) in [6.45, 7) is 18.7. The van der Waals surface area contributed by atoms with Gasteiger partial charge < -0.3 is 15.0 Å². The SMILES string of the molecule is Cc1cc(N2C(C)CN(CCCCOc3cc4c(c(C)c3C)C(C)CC(=O)N4)CC2C)c(Cl)c(Cl)c1C. The molecular formula is C30H41Cl2N3O2. The van der Waals surface area contributed by atoms with E-state index < -0.39 is 0 Å². The van der Waals surface area contributed by atoms with Gasteiger partial charge >= 0.3 is 0 Å². The third-order valence-corrected chi connectivity index (χ3v) is 9.20. The summed E-state index contributed by atoms with van der Waals surface area (Å²) in [4.78, 5) is 17.0. The van der Waals surface area contributed by atoms with Gasteiger partial charge in [-0.1, -0.05) is 30.1 Å². The van der Waals surface area contributed by atoms with Crippen LogP contribution in [0, 0.1) is 27.7 Å². The highest BCUT2D eigenvalue weighted by atomic mass is 35.5. The van der Waals surface area contributed by atoms with Crippen LogP contribution in [-0.4, -0.2) is 49.1 Å². The average molecular weight is 547 g/mol. The van der Waals surface area contributed by atoms with Crippen molar-refractivity contribution >= 4 is 40.5 Å². The van der Waals surface area contributed by atoms with Crippen LogP contribution in [0.5, 0.6) is 5.75 Å². The topological polar surface area (TPSA) is 44.8 Å². The van der Waals surface area contributed by atoms with Gasteiger partial charge in [0.05, 0.1) is 22.3 Å². The van der Waals surface area contributed by atoms with E-state index in [1.54, 1.807) is 0 Å². The van der Waals surface area contributed by atoms with Crippen molar-refractivity contribution in [2.24, 2.45) is 0 Å². The molecule has 3 atom stereocenters. The van der Waals surface area contributed by atoms with E-state index in [0.717, 1.165) is 55.2 Å². The number of hydrogen-bond donors (Lipinski definition) is 1. The van der Waals surface area contributed by atoms with E-state index in [9.17, 15) is 4.79 Å². The molecule has 0 aliphatic carbocycles. The summed E-state index contributed by atoms with van der Waals surface area (Å²) in [5, 5.41) is 4.36. The van der Waals surface area contributed by atoms with E-state index in [-0.39, 0.29) is 11.8 Å². The number of halogens is 2. The first-order valence-corrected chi connectivity index (χ1v) is 14.3. The van der Waals surface area contributed by atoms with Gasteiger partial charge in [0, 0.05) is 43.3 Å². The zero-order valence-electron chi connectivity index (χ0n) is 23.3. The minimum atomic E-state index is 0.0839. The molecule has 3 unspecified atom stereocenters. The van der Waals surface area contributed by atoms with E-state index in [0.29, 0.717) is 35.2 Å². The first-order valence-electron chi connectivity index (χ1n) is 13.5. The van der Waals surface area contributed by atoms with Crippen molar-refractivity contribution in [3.63, 3.8) is 0 Å². The molecule has 0 saturated carbocycles. The van der Waals surface area contributed by atoms with Crippen molar-refractivity contribution in [1.82, 2.24) is 4.90 Å². The molecule has 37 heavy (non-hydrogen) atoms. The lowest BCUT2D eigenvalue weighted by Gasteiger charge is -2.46. The number of fused-ring (bicyclic) bond motifs is 1. The molecule has 2 aromatic carbocycles. The molecule has 1 fully saturated rings. The van der Waals surface area contributed by atoms with Gasteiger partial charge in [-0.15, -0.1) is 0 Å². The highest BCUT2D eigenvalue weighted by Crippen LogP contribution is 2.41. The molecule has 7 heteroatoms. The van der Waals surface area contributed by atoms with Crippen molar-refractivity contribution in [3.8, 4) is 5.75 Å². The molecular weight excluding hydrogens is 505 g/mol. The summed E-state index contributed by atoms with van der Waals surface area (Å²) in [5.74, 6) is 1.20. The Hall–Kier alpha value is -1.95. The number of aryl methyl sites for hydroxylation is 1. The van der Waals surface area contributed by atoms with Gasteiger partial charge in [-0.3, -0.25) is 9.69 Å². The monoisotopic (exact) mass is 545 g/mol. The third kappa shape index (κ3) is 5.74. The Labute approximate surface area is 232 Å². The Morgan fingerprint density at radius 2 is 1.62 bits per heavy atom. The number of carbonyl (C=O) groups is 1. The second-order valence-corrected chi connectivity index (χ2v) is 11.9. The Bertz CT molecular complexity index is 1170. The fourth-order valence-electron chi connectivity index (χ4n) is 6.10. The average Bonchev–Trinajstić information content (AvgIpc) is 2.82. The summed E-state index contributed by atoms with van der Waals surface area (Å²) in [6, 6.07) is 4.88. The maximum absolute atomic E-state index is 12.0. The maximum Gasteiger partial charge on any atom is 0.224 e. The van der Waals surface area contributed by atoms with Gasteiger partial charge in [0.2, 0.25) is 5.91 Å². The molecule has 1 N–H and O–H groups in total. The zero-order chi connectivity index (χ0) is 27.0. The van der Waals surface area contributed by atoms with Crippen LogP contribution in [0.2, 0.25) is 10.0 Å². The molecule has 1 saturated heterocycles. The highest BCUT2D eigenvalue weighted by molar-refractivity contribution is 6.44. The van der Waals surface area contributed by atoms with Gasteiger partial charge in [0.15, 0.2) is 0 Å². The Morgan fingerprint density at radius 1 is 0.946 bits per heavy atom. The number of ether oxygens (including phenoxy) is 1. The minimum Gasteiger partial charge on any atom is -0.493 e. The normalized spacial score (nSPS) is 22.1. The summed E-state index contributed by atoms with van der Waals surface area (Å²) < 4.78 is 6.20. The number of carbonyl (C=O) groups excluding carboxylic acids is 1. The van der Waals surface area contributed by atoms with E-state index >= 15 is 0 Å². The molecule has 0 spiro atoms. The van der Waals surface area contributed by atoms with E-state index in [2.05, 4.69) is 62.7 Å². The van der Waals surface area contributed by atoms with Crippen LogP contribution in [0.4, 0.5) is 11.4 Å². The van der Waals surface area contributed by atoms with Gasteiger partial charge in [-0.25, -0.2) is 0 Å². The lowest BCUT2D eigenvalue weighted by molar-refractivity contribution is -0.116. The number of rotatable bonds is 7. The van der Waals surface area contributed by atoms with E-state index in [4.69, 9.17) is 27.9 Å². The number of nitrogens with zero attached hydrogens (tertiary/aromatic N) is 2. The molecule has 2 heterocycles. The molecule has 2 aliphatic rings. The van der Waals surface area contributed by atoms with E-state index in [1.165, 1.54) is 22.3 Å². The lowest BCUT2D eigenvalue weighted by atomic mass is 9.86. The summed E-state index contributed by atoms with van der Waals surface area (Å²) in [7, 11) is 0. The molecule has 0 aromatic heterocycles. The minimum absolute atomic E-state index is 0.0839. The fourth-order valence-corrected chi connectivity index (χ4v) is 6.64. The Balaban J connectivity index is 1.30. The van der Waals surface area contributed by atoms with Gasteiger partial charge in [-0.05, 0) is 101 Å². The van der Waals surface area contributed by atoms with Gasteiger partial charge in [-0.2, -0.15) is 0 Å². The van der Waals surface area contributed by atoms with Crippen molar-refractivity contribution in [2.75, 3.05) is 36.5 Å². The number of nitrogens with one attached hydrogen (secondary N) is 1. The molecule has 0 radical (unpaired) electrons. The summed E-state index contributed by atoms with van der Waals surface area (Å²) >= 11 is 13.2. The van der Waals surface area contributed by atoms with Crippen LogP contribution in [0.15, 0.2) is 12.1 Å². The van der Waals surface area contributed by atoms with Crippen LogP contribution >= 0.6 is 23.2 Å². The summed E-state index contributed by atoms with van der Waals surface area (Å²) in [6.07, 6.45) is 2.61. The Kier molecular flexibility index (Phi) is 8.67. The molecule has 0 bridgehead atoms. The molecule has 2 aromatic rings. The van der Waals surface area contributed by atoms with Crippen molar-refractivity contribution in [1.29, 1.82) is 0 Å². The second-order valence-electron chi connectivity index (χ2n) is 11.1. The van der Waals surface area contributed by atoms with Crippen LogP contribution in [0.25, 0.3) is 0 Å². The maximum atomic E-state index is 12.0. The Morgan fingerprint density at radius 3 is 2.30 bits per heavy atom. The quantitative estimate of drug-likeness (QED) is 0.367. The first kappa shape index (κ1) is 28.1. The van der Waals surface area contributed by atoms with Crippen LogP contribution in [-0.2, 0) is 4.79 Å². The second kappa shape index (κ2) is 11.4. The smallest absolute Gasteiger partial charge is 0.224 e. The number of anilines is 2. The number of amides is 1. The van der Waals surface area contributed by atoms with E-state index in [1.807, 2.05) is 13.0 Å². The van der Waals surface area contributed by atoms with Gasteiger partial charge in [0.25, 0.3) is 0 Å². The highest BCUT2D eigenvalue weighted by Gasteiger charge is 2.31. The number of piperazine rings is 1. The summed E-state index contributed by atoms with van der Waals surface area (Å²) in [5.41, 5.74) is 7.83. The largest absolute Gasteiger partial charge is 0.493 e. The predicted octanol–water partition coefficient (Wildman–Crippen LogP) is 7.43. The third-order valence-electron chi connectivity index (χ3n) is 8.25. The predicted molar refractivity (Wildman–Crippen MR) is 156 cm³/mol. The first-order chi connectivity index (χ1) is 17.5. The number of benzene rings is 2. The van der Waals surface area contributed by atoms with Crippen molar-refractivity contribution < 1.29 is 9.53 Å². The molecule has 2 aliphatic heterocycles. The zero-order valence-corrected chi connectivity index (χ0v) is 24.8. The standard InChI is InChI=1S/C30H41Cl2N3O2/c1-17-12-25(30(32)29(31)21(17)5)35-19(3)15-34(16-20(35)4)10-8-9-11-37-26-14-24-28(23(7)22(26)6)18(2)13-27(36)33-24/h12,14,18-20H,8-11,13,15-16H2,1-7H3,(H,33,36). The van der Waals surface area contributed by atoms with Crippen LogP contribution < -0.4 is 15.0 Å². The fraction of sp³-hybridized carbons (Fsp3) is 0.567. The van der Waals surface area contributed by atoms with Crippen LogP contribution in [0.1, 0.15) is 73.8 Å². The van der Waals surface area contributed by atoms with Crippen molar-refractivity contribution in [3.05, 3.63) is 50.0 Å². The van der Waals surface area contributed by atoms with Gasteiger partial charge in [0.1, 0.15) is 5.75 Å². The van der Waals surface area contributed by atoms with Crippen LogP contribution in [0.3, 0.4) is 0 Å². The molecule has 4 rings (SSSR count). The molecule has 5 nitrogen and oxygen atoms in total. The molecule has 1 amide bonds. The number of hydrogen-bond acceptors (Lipinski definition) is 4. The lowest BCUT2D eigenvalue weighted by Crippen LogP contribution is -2.57. The number of unbranched alkanes of at least 4 members (excludes halogenated alkanes) is 1. The van der Waals surface area contributed by atoms with Crippen molar-refractivity contribution in [2.45, 2.75) is 85.7 Å². The molecule has 202 valence electrons.